The van der Waals surface area contributed by atoms with Crippen LogP contribution >= 0.6 is 0 Å². The number of rotatable bonds is 0. The first-order chi connectivity index (χ1) is 7.49. The van der Waals surface area contributed by atoms with E-state index in [0.29, 0.717) is 0 Å². The third-order valence-corrected chi connectivity index (χ3v) is 4.09. The van der Waals surface area contributed by atoms with Gasteiger partial charge in [0, 0.05) is 12.3 Å². The Hall–Kier alpha value is -1.20. The van der Waals surface area contributed by atoms with Crippen molar-refractivity contribution < 1.29 is 24.2 Å². The largest absolute Gasteiger partial charge is 0.428 e. The Morgan fingerprint density at radius 2 is 2.19 bits per heavy atom. The summed E-state index contributed by atoms with van der Waals surface area (Å²) in [5, 5.41) is 10.0. The van der Waals surface area contributed by atoms with Crippen LogP contribution < -0.4 is 0 Å². The molecule has 0 amide bonds. The highest BCUT2D eigenvalue weighted by Crippen LogP contribution is 2.57. The van der Waals surface area contributed by atoms with Gasteiger partial charge in [-0.1, -0.05) is 13.5 Å². The second-order valence-electron chi connectivity index (χ2n) is 4.71. The van der Waals surface area contributed by atoms with E-state index in [1.54, 1.807) is 6.92 Å². The molecule has 0 aromatic carbocycles. The maximum Gasteiger partial charge on any atom is 0.323 e. The summed E-state index contributed by atoms with van der Waals surface area (Å²) in [4.78, 5) is 23.5. The summed E-state index contributed by atoms with van der Waals surface area (Å²) in [7, 11) is 0. The minimum absolute atomic E-state index is 0.154. The monoisotopic (exact) mass is 224 g/mol. The van der Waals surface area contributed by atoms with Crippen molar-refractivity contribution in [2.45, 2.75) is 31.7 Å². The number of fused-ring (bicyclic) bond motifs is 1. The summed E-state index contributed by atoms with van der Waals surface area (Å²) < 4.78 is 10.5. The highest BCUT2D eigenvalue weighted by atomic mass is 16.6. The van der Waals surface area contributed by atoms with Crippen molar-refractivity contribution in [3.05, 3.63) is 12.3 Å². The van der Waals surface area contributed by atoms with E-state index in [1.807, 2.05) is 0 Å². The number of ketones is 1. The molecule has 0 radical (unpaired) electrons. The third-order valence-electron chi connectivity index (χ3n) is 4.09. The minimum Gasteiger partial charge on any atom is -0.428 e. The van der Waals surface area contributed by atoms with E-state index in [2.05, 4.69) is 6.58 Å². The van der Waals surface area contributed by atoms with Gasteiger partial charge in [-0.2, -0.15) is 0 Å². The van der Waals surface area contributed by atoms with E-state index in [-0.39, 0.29) is 30.0 Å². The van der Waals surface area contributed by atoms with Gasteiger partial charge in [-0.25, -0.2) is 0 Å². The lowest BCUT2D eigenvalue weighted by molar-refractivity contribution is -0.162. The van der Waals surface area contributed by atoms with E-state index in [0.717, 1.165) is 0 Å². The molecule has 1 spiro atoms. The maximum absolute atomic E-state index is 11.9. The summed E-state index contributed by atoms with van der Waals surface area (Å²) in [6.07, 6.45) is -2.17. The predicted molar refractivity (Wildman–Crippen MR) is 51.1 cm³/mol. The van der Waals surface area contributed by atoms with Gasteiger partial charge in [0.1, 0.15) is 23.4 Å². The molecule has 2 bridgehead atoms. The number of carbonyl (C=O) groups excluding carboxylic acids is 2. The zero-order valence-electron chi connectivity index (χ0n) is 8.80. The minimum atomic E-state index is -1.34. The Morgan fingerprint density at radius 1 is 1.50 bits per heavy atom. The molecule has 3 aliphatic rings. The van der Waals surface area contributed by atoms with Crippen molar-refractivity contribution in [2.24, 2.45) is 11.3 Å². The number of ether oxygens (including phenoxy) is 2. The van der Waals surface area contributed by atoms with Crippen LogP contribution in [0, 0.1) is 11.3 Å². The second kappa shape index (κ2) is 2.73. The molecule has 3 rings (SSSR count). The molecule has 16 heavy (non-hydrogen) atoms. The number of cyclic esters (lactones) is 1. The number of aliphatic hydroxyl groups excluding tert-OH is 1. The van der Waals surface area contributed by atoms with Gasteiger partial charge in [0.25, 0.3) is 0 Å². The van der Waals surface area contributed by atoms with Crippen molar-refractivity contribution in [3.8, 4) is 0 Å². The number of hydrogen-bond donors (Lipinski definition) is 1. The third kappa shape index (κ3) is 0.814. The van der Waals surface area contributed by atoms with E-state index >= 15 is 0 Å². The molecular weight excluding hydrogens is 212 g/mol. The maximum atomic E-state index is 11.9. The topological polar surface area (TPSA) is 72.8 Å². The zero-order chi connectivity index (χ0) is 11.7. The average Bonchev–Trinajstić information content (AvgIpc) is 2.58. The molecular formula is C11H12O5. The standard InChI is InChI=1S/C11H12O5/c1-4-7-3-6(12)8(13)11(4)9(16-7)5(2)15-10(11)14/h4,7-9,13H,2-3H2,1H3/t4-,7-,8+,9-,11+/m1/s1. The van der Waals surface area contributed by atoms with Crippen LogP contribution in [0.4, 0.5) is 0 Å². The van der Waals surface area contributed by atoms with Crippen LogP contribution in [0.15, 0.2) is 12.3 Å². The second-order valence-corrected chi connectivity index (χ2v) is 4.71. The van der Waals surface area contributed by atoms with Crippen LogP contribution in [0.1, 0.15) is 13.3 Å². The molecule has 5 nitrogen and oxygen atoms in total. The fourth-order valence-corrected chi connectivity index (χ4v) is 3.15. The molecule has 1 aliphatic carbocycles. The summed E-state index contributed by atoms with van der Waals surface area (Å²) in [5.41, 5.74) is -1.25. The molecule has 5 heteroatoms. The molecule has 2 heterocycles. The van der Waals surface area contributed by atoms with Gasteiger partial charge in [0.2, 0.25) is 0 Å². The Kier molecular flexibility index (Phi) is 1.70. The van der Waals surface area contributed by atoms with E-state index in [1.165, 1.54) is 0 Å². The normalized spacial score (nSPS) is 50.5. The average molecular weight is 224 g/mol. The summed E-state index contributed by atoms with van der Waals surface area (Å²) in [6, 6.07) is 0. The fourth-order valence-electron chi connectivity index (χ4n) is 3.15. The molecule has 2 saturated heterocycles. The highest BCUT2D eigenvalue weighted by Gasteiger charge is 2.73. The van der Waals surface area contributed by atoms with E-state index < -0.39 is 23.6 Å². The van der Waals surface area contributed by atoms with Crippen LogP contribution in [0.25, 0.3) is 0 Å². The molecule has 0 aromatic rings. The quantitative estimate of drug-likeness (QED) is 0.576. The molecule has 1 N–H and O–H groups in total. The molecule has 86 valence electrons. The summed E-state index contributed by atoms with van der Waals surface area (Å²) in [5.74, 6) is -0.958. The molecule has 2 aliphatic heterocycles. The lowest BCUT2D eigenvalue weighted by Crippen LogP contribution is -2.55. The van der Waals surface area contributed by atoms with Crippen molar-refractivity contribution in [2.75, 3.05) is 0 Å². The molecule has 1 saturated carbocycles. The first-order valence-electron chi connectivity index (χ1n) is 5.27. The first-order valence-corrected chi connectivity index (χ1v) is 5.27. The van der Waals surface area contributed by atoms with Crippen molar-refractivity contribution in [3.63, 3.8) is 0 Å². The van der Waals surface area contributed by atoms with Crippen LogP contribution in [0.3, 0.4) is 0 Å². The van der Waals surface area contributed by atoms with Crippen LogP contribution in [0.2, 0.25) is 0 Å². The zero-order valence-corrected chi connectivity index (χ0v) is 8.80. The fraction of sp³-hybridized carbons (Fsp3) is 0.636. The van der Waals surface area contributed by atoms with Gasteiger partial charge in [-0.3, -0.25) is 9.59 Å². The Labute approximate surface area is 92.0 Å². The van der Waals surface area contributed by atoms with Gasteiger partial charge in [-0.15, -0.1) is 0 Å². The van der Waals surface area contributed by atoms with Gasteiger partial charge in [-0.05, 0) is 0 Å². The summed E-state index contributed by atoms with van der Waals surface area (Å²) >= 11 is 0. The lowest BCUT2D eigenvalue weighted by Gasteiger charge is -2.35. The Bertz CT molecular complexity index is 415. The molecule has 0 aromatic heterocycles. The summed E-state index contributed by atoms with van der Waals surface area (Å²) in [6.45, 7) is 5.41. The number of Topliss-reactive ketones (excluding diaryl/α,β-unsaturated/α-hetero) is 1. The number of carbonyl (C=O) groups is 2. The Balaban J connectivity index is 2.19. The van der Waals surface area contributed by atoms with E-state index in [9.17, 15) is 14.7 Å². The van der Waals surface area contributed by atoms with E-state index in [4.69, 9.17) is 9.47 Å². The van der Waals surface area contributed by atoms with Crippen molar-refractivity contribution in [1.29, 1.82) is 0 Å². The van der Waals surface area contributed by atoms with Gasteiger partial charge in [0.15, 0.2) is 5.78 Å². The first kappa shape index (κ1) is 9.99. The Morgan fingerprint density at radius 3 is 2.88 bits per heavy atom. The molecule has 5 atom stereocenters. The number of hydrogen-bond acceptors (Lipinski definition) is 5. The SMILES string of the molecule is C=C1OC(=O)[C@]23[C@@H]1O[C@H](CC(=O)[C@@H]2O)[C@H]3C. The predicted octanol–water partition coefficient (Wildman–Crippen LogP) is -0.220. The lowest BCUT2D eigenvalue weighted by atomic mass is 9.63. The number of aliphatic hydroxyl groups is 1. The van der Waals surface area contributed by atoms with Crippen LogP contribution in [-0.4, -0.2) is 35.2 Å². The highest BCUT2D eigenvalue weighted by molar-refractivity contribution is 5.96. The smallest absolute Gasteiger partial charge is 0.323 e. The van der Waals surface area contributed by atoms with Gasteiger partial charge < -0.3 is 14.6 Å². The molecule has 0 unspecified atom stereocenters. The van der Waals surface area contributed by atoms with Crippen molar-refractivity contribution >= 4 is 11.8 Å². The number of esters is 1. The molecule has 3 fully saturated rings. The van der Waals surface area contributed by atoms with Gasteiger partial charge >= 0.3 is 5.97 Å². The van der Waals surface area contributed by atoms with Gasteiger partial charge in [0.05, 0.1) is 6.10 Å². The van der Waals surface area contributed by atoms with Crippen LogP contribution in [-0.2, 0) is 19.1 Å². The van der Waals surface area contributed by atoms with Crippen LogP contribution in [0.5, 0.6) is 0 Å². The van der Waals surface area contributed by atoms with Crippen molar-refractivity contribution in [1.82, 2.24) is 0 Å².